The van der Waals surface area contributed by atoms with Crippen molar-refractivity contribution in [1.29, 1.82) is 0 Å². The molecule has 0 unspecified atom stereocenters. The molecule has 0 heterocycles. The minimum absolute atomic E-state index is 0.315. The third kappa shape index (κ3) is 9.11. The van der Waals surface area contributed by atoms with E-state index in [9.17, 15) is 4.79 Å². The predicted molar refractivity (Wildman–Crippen MR) is 76.2 cm³/mol. The quantitative estimate of drug-likeness (QED) is 0.424. The third-order valence-electron chi connectivity index (χ3n) is 1.55. The van der Waals surface area contributed by atoms with E-state index in [1.807, 2.05) is 46.2 Å². The van der Waals surface area contributed by atoms with Crippen LogP contribution < -0.4 is 0 Å². The molecule has 0 rings (SSSR count). The van der Waals surface area contributed by atoms with Gasteiger partial charge >= 0.3 is 5.97 Å². The Bertz CT molecular complexity index is 290. The van der Waals surface area contributed by atoms with Crippen LogP contribution in [0.4, 0.5) is 0 Å². The first kappa shape index (κ1) is 16.4. The first-order chi connectivity index (χ1) is 7.55. The zero-order chi connectivity index (χ0) is 13.7. The molecule has 0 aliphatic rings. The van der Waals surface area contributed by atoms with Crippen LogP contribution in [0.3, 0.4) is 0 Å². The van der Waals surface area contributed by atoms with Crippen LogP contribution in [0, 0.1) is 0 Å². The molecule has 0 aromatic heterocycles. The molecule has 17 heavy (non-hydrogen) atoms. The van der Waals surface area contributed by atoms with E-state index >= 15 is 0 Å². The van der Waals surface area contributed by atoms with Crippen molar-refractivity contribution in [3.8, 4) is 0 Å². The Labute approximate surface area is 107 Å². The Morgan fingerprint density at radius 3 is 1.94 bits per heavy atom. The van der Waals surface area contributed by atoms with Crippen molar-refractivity contribution in [3.05, 3.63) is 0 Å². The van der Waals surface area contributed by atoms with E-state index in [4.69, 9.17) is 8.95 Å². The Morgan fingerprint density at radius 2 is 1.59 bits per heavy atom. The maximum atomic E-state index is 11.9. The van der Waals surface area contributed by atoms with Gasteiger partial charge in [-0.05, 0) is 39.3 Å². The number of nitrogens with zero attached hydrogens (tertiary/aromatic N) is 1. The minimum Gasteiger partial charge on any atom is -0.515 e. The molecule has 0 aliphatic carbocycles. The average molecular weight is 275 g/mol. The molecule has 100 valence electrons. The summed E-state index contributed by atoms with van der Waals surface area (Å²) in [6, 6.07) is 0. The van der Waals surface area contributed by atoms with Gasteiger partial charge in [-0.3, -0.25) is 0 Å². The number of hydrogen-bond donors (Lipinski definition) is 0. The summed E-state index contributed by atoms with van der Waals surface area (Å²) >= 11 is 0. The summed E-state index contributed by atoms with van der Waals surface area (Å²) in [5.74, 6) is -0.315. The molecular formula is C11H25NO3Si2. The molecule has 0 saturated heterocycles. The van der Waals surface area contributed by atoms with Gasteiger partial charge in [0.1, 0.15) is 0 Å². The van der Waals surface area contributed by atoms with E-state index in [1.165, 1.54) is 0 Å². The SMILES string of the molecule is CCCC(=NO[Si](C)(C)C)C(=O)O[Si](C)(C)C. The van der Waals surface area contributed by atoms with Crippen LogP contribution >= 0.6 is 0 Å². The Balaban J connectivity index is 4.68. The second-order valence-electron chi connectivity index (χ2n) is 5.99. The smallest absolute Gasteiger partial charge is 0.342 e. The Hall–Kier alpha value is -0.626. The lowest BCUT2D eigenvalue weighted by Gasteiger charge is -2.19. The molecule has 6 heteroatoms. The highest BCUT2D eigenvalue weighted by atomic mass is 28.4. The van der Waals surface area contributed by atoms with E-state index in [1.54, 1.807) is 0 Å². The van der Waals surface area contributed by atoms with Crippen LogP contribution in [0.2, 0.25) is 39.3 Å². The molecule has 0 aromatic carbocycles. The summed E-state index contributed by atoms with van der Waals surface area (Å²) in [7, 11) is -3.60. The maximum absolute atomic E-state index is 11.9. The Kier molecular flexibility index (Phi) is 6.11. The summed E-state index contributed by atoms with van der Waals surface area (Å²) in [4.78, 5) is 11.9. The molecule has 0 spiro atoms. The van der Waals surface area contributed by atoms with Crippen molar-refractivity contribution < 1.29 is 13.7 Å². The summed E-state index contributed by atoms with van der Waals surface area (Å²) < 4.78 is 10.8. The van der Waals surface area contributed by atoms with Crippen molar-refractivity contribution in [2.75, 3.05) is 0 Å². The summed E-state index contributed by atoms with van der Waals surface area (Å²) in [5, 5.41) is 3.99. The molecule has 4 nitrogen and oxygen atoms in total. The van der Waals surface area contributed by atoms with Crippen molar-refractivity contribution in [1.82, 2.24) is 0 Å². The van der Waals surface area contributed by atoms with E-state index < -0.39 is 16.6 Å². The summed E-state index contributed by atoms with van der Waals surface area (Å²) in [5.41, 5.74) is 0.414. The standard InChI is InChI=1S/C11H25NO3Si2/c1-8-9-10(12-15-17(5,6)7)11(13)14-16(2,3)4/h8-9H2,1-7H3. The van der Waals surface area contributed by atoms with Crippen LogP contribution in [0.5, 0.6) is 0 Å². The van der Waals surface area contributed by atoms with E-state index in [-0.39, 0.29) is 5.97 Å². The molecule has 0 aromatic rings. The monoisotopic (exact) mass is 275 g/mol. The third-order valence-corrected chi connectivity index (χ3v) is 2.99. The molecule has 0 fully saturated rings. The molecule has 0 amide bonds. The minimum atomic E-state index is -1.86. The van der Waals surface area contributed by atoms with Gasteiger partial charge in [0, 0.05) is 6.42 Å². The lowest BCUT2D eigenvalue weighted by atomic mass is 10.2. The second-order valence-corrected chi connectivity index (χ2v) is 14.8. The van der Waals surface area contributed by atoms with Gasteiger partial charge in [-0.2, -0.15) is 0 Å². The normalized spacial score (nSPS) is 13.5. The molecule has 0 radical (unpaired) electrons. The highest BCUT2D eigenvalue weighted by molar-refractivity contribution is 6.72. The van der Waals surface area contributed by atoms with Crippen LogP contribution in [0.15, 0.2) is 5.16 Å². The van der Waals surface area contributed by atoms with Crippen molar-refractivity contribution in [3.63, 3.8) is 0 Å². The fourth-order valence-corrected chi connectivity index (χ4v) is 2.01. The molecule has 0 N–H and O–H groups in total. The molecule has 0 aliphatic heterocycles. The second kappa shape index (κ2) is 6.35. The van der Waals surface area contributed by atoms with E-state index in [0.717, 1.165) is 6.42 Å². The molecular weight excluding hydrogens is 250 g/mol. The number of carbonyl (C=O) groups is 1. The summed E-state index contributed by atoms with van der Waals surface area (Å²) in [6.07, 6.45) is 1.46. The maximum Gasteiger partial charge on any atom is 0.342 e. The highest BCUT2D eigenvalue weighted by Gasteiger charge is 2.24. The zero-order valence-corrected chi connectivity index (χ0v) is 14.1. The molecule has 0 saturated carbocycles. The van der Waals surface area contributed by atoms with Gasteiger partial charge in [0.2, 0.25) is 8.32 Å². The number of rotatable bonds is 6. The van der Waals surface area contributed by atoms with Gasteiger partial charge in [-0.1, -0.05) is 18.5 Å². The van der Waals surface area contributed by atoms with Crippen LogP contribution in [0.25, 0.3) is 0 Å². The fraction of sp³-hybridized carbons (Fsp3) is 0.818. The lowest BCUT2D eigenvalue weighted by molar-refractivity contribution is -0.127. The average Bonchev–Trinajstić information content (AvgIpc) is 2.07. The van der Waals surface area contributed by atoms with Gasteiger partial charge in [0.15, 0.2) is 5.71 Å². The predicted octanol–water partition coefficient (Wildman–Crippen LogP) is 3.37. The summed E-state index contributed by atoms with van der Waals surface area (Å²) in [6.45, 7) is 14.0. The van der Waals surface area contributed by atoms with Gasteiger partial charge in [-0.15, -0.1) is 0 Å². The molecule has 0 bridgehead atoms. The first-order valence-corrected chi connectivity index (χ1v) is 12.8. The number of hydrogen-bond acceptors (Lipinski definition) is 4. The molecule has 0 atom stereocenters. The van der Waals surface area contributed by atoms with E-state index in [0.29, 0.717) is 12.1 Å². The highest BCUT2D eigenvalue weighted by Crippen LogP contribution is 2.08. The topological polar surface area (TPSA) is 47.9 Å². The van der Waals surface area contributed by atoms with Crippen LogP contribution in [-0.4, -0.2) is 28.3 Å². The Morgan fingerprint density at radius 1 is 1.06 bits per heavy atom. The largest absolute Gasteiger partial charge is 0.515 e. The van der Waals surface area contributed by atoms with Crippen molar-refractivity contribution >= 4 is 28.3 Å². The van der Waals surface area contributed by atoms with Crippen LogP contribution in [0.1, 0.15) is 19.8 Å². The fourth-order valence-electron chi connectivity index (χ4n) is 0.951. The zero-order valence-electron chi connectivity index (χ0n) is 12.1. The van der Waals surface area contributed by atoms with E-state index in [2.05, 4.69) is 5.16 Å². The van der Waals surface area contributed by atoms with Gasteiger partial charge in [0.05, 0.1) is 0 Å². The first-order valence-electron chi connectivity index (χ1n) is 6.03. The van der Waals surface area contributed by atoms with Crippen molar-refractivity contribution in [2.24, 2.45) is 5.16 Å². The van der Waals surface area contributed by atoms with Gasteiger partial charge < -0.3 is 8.95 Å². The van der Waals surface area contributed by atoms with Gasteiger partial charge in [-0.25, -0.2) is 4.79 Å². The van der Waals surface area contributed by atoms with Crippen molar-refractivity contribution in [2.45, 2.75) is 59.0 Å². The number of oxime groups is 1. The number of carbonyl (C=O) groups excluding carboxylic acids is 1. The van der Waals surface area contributed by atoms with Gasteiger partial charge in [0.25, 0.3) is 8.32 Å². The van der Waals surface area contributed by atoms with Crippen LogP contribution in [-0.2, 0) is 13.7 Å². The lowest BCUT2D eigenvalue weighted by Crippen LogP contribution is -2.34.